The second-order valence-electron chi connectivity index (χ2n) is 5.79. The first kappa shape index (κ1) is 17.1. The largest absolute Gasteiger partial charge is 0.357 e. The summed E-state index contributed by atoms with van der Waals surface area (Å²) in [4.78, 5) is 9.26. The van der Waals surface area contributed by atoms with E-state index in [2.05, 4.69) is 58.0 Å². The summed E-state index contributed by atoms with van der Waals surface area (Å²) < 4.78 is 2.11. The van der Waals surface area contributed by atoms with Gasteiger partial charge in [-0.3, -0.25) is 0 Å². The van der Waals surface area contributed by atoms with E-state index >= 15 is 0 Å². The Hall–Kier alpha value is -1.31. The van der Waals surface area contributed by atoms with Gasteiger partial charge in [-0.1, -0.05) is 13.0 Å². The van der Waals surface area contributed by atoms with Crippen LogP contribution >= 0.6 is 24.0 Å². The Balaban J connectivity index is 0.00000176. The summed E-state index contributed by atoms with van der Waals surface area (Å²) in [6, 6.07) is 6.72. The second kappa shape index (κ2) is 7.30. The molecule has 0 saturated heterocycles. The van der Waals surface area contributed by atoms with E-state index in [1.807, 2.05) is 12.1 Å². The van der Waals surface area contributed by atoms with Crippen LogP contribution in [-0.2, 0) is 6.54 Å². The van der Waals surface area contributed by atoms with Crippen LogP contribution in [0, 0.1) is 12.8 Å². The van der Waals surface area contributed by atoms with E-state index in [-0.39, 0.29) is 24.0 Å². The highest BCUT2D eigenvalue weighted by atomic mass is 127. The Morgan fingerprint density at radius 1 is 1.45 bits per heavy atom. The van der Waals surface area contributed by atoms with E-state index in [9.17, 15) is 0 Å². The third-order valence-corrected chi connectivity index (χ3v) is 3.92. The molecular weight excluding hydrogens is 389 g/mol. The van der Waals surface area contributed by atoms with Gasteiger partial charge in [0.2, 0.25) is 0 Å². The summed E-state index contributed by atoms with van der Waals surface area (Å²) in [7, 11) is 0. The highest BCUT2D eigenvalue weighted by Gasteiger charge is 2.33. The SMILES string of the molecule is CCNC(=NCc1cn2c(C)cccc2n1)NC1CC1C.I. The van der Waals surface area contributed by atoms with Gasteiger partial charge in [-0.25, -0.2) is 9.98 Å². The Bertz CT molecular complexity index is 664. The van der Waals surface area contributed by atoms with Crippen LogP contribution in [0.25, 0.3) is 5.65 Å². The molecule has 0 aromatic carbocycles. The molecule has 1 aliphatic rings. The number of nitrogens with one attached hydrogen (secondary N) is 2. The highest BCUT2D eigenvalue weighted by Crippen LogP contribution is 2.28. The summed E-state index contributed by atoms with van der Waals surface area (Å²) in [6.45, 7) is 7.89. The van der Waals surface area contributed by atoms with Crippen molar-refractivity contribution in [1.29, 1.82) is 0 Å². The van der Waals surface area contributed by atoms with E-state index in [1.54, 1.807) is 0 Å². The zero-order chi connectivity index (χ0) is 14.8. The van der Waals surface area contributed by atoms with Crippen molar-refractivity contribution in [3.05, 3.63) is 35.8 Å². The third kappa shape index (κ3) is 3.91. The fraction of sp³-hybridized carbons (Fsp3) is 0.500. The number of halogens is 1. The van der Waals surface area contributed by atoms with Crippen LogP contribution in [-0.4, -0.2) is 27.9 Å². The number of fused-ring (bicyclic) bond motifs is 1. The predicted octanol–water partition coefficient (Wildman–Crippen LogP) is 2.72. The molecule has 5 nitrogen and oxygen atoms in total. The number of pyridine rings is 1. The molecule has 0 aliphatic heterocycles. The summed E-state index contributed by atoms with van der Waals surface area (Å²) in [5.74, 6) is 1.65. The van der Waals surface area contributed by atoms with Crippen LogP contribution in [0.1, 0.15) is 31.7 Å². The normalized spacial score (nSPS) is 20.6. The summed E-state index contributed by atoms with van der Waals surface area (Å²) in [5.41, 5.74) is 3.16. The molecule has 1 aliphatic carbocycles. The van der Waals surface area contributed by atoms with Crippen molar-refractivity contribution in [3.8, 4) is 0 Å². The first-order chi connectivity index (χ1) is 10.2. The highest BCUT2D eigenvalue weighted by molar-refractivity contribution is 14.0. The quantitative estimate of drug-likeness (QED) is 0.461. The minimum Gasteiger partial charge on any atom is -0.357 e. The number of aliphatic imine (C=N–C) groups is 1. The van der Waals surface area contributed by atoms with E-state index in [4.69, 9.17) is 0 Å². The lowest BCUT2D eigenvalue weighted by Gasteiger charge is -2.10. The molecule has 2 atom stereocenters. The monoisotopic (exact) mass is 413 g/mol. The van der Waals surface area contributed by atoms with Crippen LogP contribution < -0.4 is 10.6 Å². The number of guanidine groups is 1. The number of hydrogen-bond acceptors (Lipinski definition) is 2. The molecule has 6 heteroatoms. The van der Waals surface area contributed by atoms with Crippen molar-refractivity contribution >= 4 is 35.6 Å². The number of hydrogen-bond donors (Lipinski definition) is 2. The fourth-order valence-corrected chi connectivity index (χ4v) is 2.45. The Labute approximate surface area is 148 Å². The lowest BCUT2D eigenvalue weighted by atomic mass is 10.4. The van der Waals surface area contributed by atoms with Crippen LogP contribution in [0.15, 0.2) is 29.4 Å². The summed E-state index contributed by atoms with van der Waals surface area (Å²) >= 11 is 0. The summed E-state index contributed by atoms with van der Waals surface area (Å²) in [5, 5.41) is 6.76. The van der Waals surface area contributed by atoms with Gasteiger partial charge >= 0.3 is 0 Å². The van der Waals surface area contributed by atoms with Gasteiger partial charge in [-0.2, -0.15) is 0 Å². The van der Waals surface area contributed by atoms with Gasteiger partial charge < -0.3 is 15.0 Å². The molecule has 2 unspecified atom stereocenters. The topological polar surface area (TPSA) is 53.7 Å². The number of aryl methyl sites for hydroxylation is 1. The average Bonchev–Trinajstić information content (AvgIpc) is 2.99. The van der Waals surface area contributed by atoms with Gasteiger partial charge in [-0.15, -0.1) is 24.0 Å². The molecule has 120 valence electrons. The fourth-order valence-electron chi connectivity index (χ4n) is 2.45. The van der Waals surface area contributed by atoms with Crippen molar-refractivity contribution in [3.63, 3.8) is 0 Å². The van der Waals surface area contributed by atoms with Crippen LogP contribution in [0.4, 0.5) is 0 Å². The number of aromatic nitrogens is 2. The van der Waals surface area contributed by atoms with Crippen molar-refractivity contribution < 1.29 is 0 Å². The van der Waals surface area contributed by atoms with Crippen molar-refractivity contribution in [1.82, 2.24) is 20.0 Å². The van der Waals surface area contributed by atoms with Gasteiger partial charge in [0.25, 0.3) is 0 Å². The lowest BCUT2D eigenvalue weighted by molar-refractivity contribution is 0.765. The zero-order valence-corrected chi connectivity index (χ0v) is 15.7. The Morgan fingerprint density at radius 2 is 2.23 bits per heavy atom. The third-order valence-electron chi connectivity index (χ3n) is 3.92. The van der Waals surface area contributed by atoms with Gasteiger partial charge in [0, 0.05) is 24.5 Å². The number of rotatable bonds is 4. The van der Waals surface area contributed by atoms with E-state index in [0.717, 1.165) is 29.8 Å². The van der Waals surface area contributed by atoms with Crippen LogP contribution in [0.5, 0.6) is 0 Å². The Kier molecular flexibility index (Phi) is 5.66. The molecule has 2 aromatic heterocycles. The molecule has 3 rings (SSSR count). The number of imidazole rings is 1. The molecule has 0 amide bonds. The molecule has 2 N–H and O–H groups in total. The summed E-state index contributed by atoms with van der Waals surface area (Å²) in [6.07, 6.45) is 3.30. The Morgan fingerprint density at radius 3 is 2.86 bits per heavy atom. The molecule has 2 heterocycles. The van der Waals surface area contributed by atoms with Gasteiger partial charge in [0.1, 0.15) is 5.65 Å². The average molecular weight is 413 g/mol. The lowest BCUT2D eigenvalue weighted by Crippen LogP contribution is -2.39. The van der Waals surface area contributed by atoms with Gasteiger partial charge in [-0.05, 0) is 38.3 Å². The van der Waals surface area contributed by atoms with Gasteiger partial charge in [0.05, 0.1) is 12.2 Å². The molecule has 1 fully saturated rings. The maximum Gasteiger partial charge on any atom is 0.191 e. The minimum atomic E-state index is 0. The maximum absolute atomic E-state index is 4.64. The molecular formula is C16H24IN5. The van der Waals surface area contributed by atoms with Crippen molar-refractivity contribution in [2.75, 3.05) is 6.54 Å². The smallest absolute Gasteiger partial charge is 0.191 e. The first-order valence-electron chi connectivity index (χ1n) is 7.66. The first-order valence-corrected chi connectivity index (χ1v) is 7.66. The second-order valence-corrected chi connectivity index (χ2v) is 5.79. The van der Waals surface area contributed by atoms with E-state index in [1.165, 1.54) is 12.1 Å². The molecule has 0 radical (unpaired) electrons. The zero-order valence-electron chi connectivity index (χ0n) is 13.3. The molecule has 0 spiro atoms. The van der Waals surface area contributed by atoms with Crippen molar-refractivity contribution in [2.45, 2.75) is 39.8 Å². The molecule has 1 saturated carbocycles. The minimum absolute atomic E-state index is 0. The van der Waals surface area contributed by atoms with Crippen LogP contribution in [0.3, 0.4) is 0 Å². The van der Waals surface area contributed by atoms with Gasteiger partial charge in [0.15, 0.2) is 5.96 Å². The molecule has 22 heavy (non-hydrogen) atoms. The standard InChI is InChI=1S/C16H23N5.HI/c1-4-17-16(20-14-8-11(14)2)18-9-13-10-21-12(3)6-5-7-15(21)19-13;/h5-7,10-11,14H,4,8-9H2,1-3H3,(H2,17,18,20);1H. The maximum atomic E-state index is 4.64. The van der Waals surface area contributed by atoms with E-state index in [0.29, 0.717) is 12.6 Å². The predicted molar refractivity (Wildman–Crippen MR) is 101 cm³/mol. The van der Waals surface area contributed by atoms with Crippen LogP contribution in [0.2, 0.25) is 0 Å². The molecule has 0 bridgehead atoms. The van der Waals surface area contributed by atoms with E-state index < -0.39 is 0 Å². The number of nitrogens with zero attached hydrogens (tertiary/aromatic N) is 3. The molecule has 2 aromatic rings. The van der Waals surface area contributed by atoms with Crippen molar-refractivity contribution in [2.24, 2.45) is 10.9 Å².